The van der Waals surface area contributed by atoms with Crippen LogP contribution in [0.2, 0.25) is 0 Å². The third-order valence-electron chi connectivity index (χ3n) is 3.67. The highest BCUT2D eigenvalue weighted by atomic mass is 16.3. The third-order valence-corrected chi connectivity index (χ3v) is 3.67. The highest BCUT2D eigenvalue weighted by molar-refractivity contribution is 5.29. The maximum Gasteiger partial charge on any atom is 0.0840 e. The fourth-order valence-corrected chi connectivity index (χ4v) is 2.61. The molecule has 1 fully saturated rings. The van der Waals surface area contributed by atoms with Crippen LogP contribution in [0, 0.1) is 0 Å². The van der Waals surface area contributed by atoms with Crippen LogP contribution in [0.1, 0.15) is 63.0 Å². The van der Waals surface area contributed by atoms with Crippen molar-refractivity contribution in [1.29, 1.82) is 0 Å². The summed E-state index contributed by atoms with van der Waals surface area (Å²) in [7, 11) is 0. The Bertz CT molecular complexity index is 343. The molecule has 0 aliphatic heterocycles. The Labute approximate surface area is 98.5 Å². The first-order valence-corrected chi connectivity index (χ1v) is 6.40. The standard InChI is InChI=1S/C15H22O/c1-15(2,16)14-10-6-9-13(11-14)12-7-4-3-5-8-12/h6,9-12,16H,3-5,7-8H2,1-2H3. The van der Waals surface area contributed by atoms with E-state index in [9.17, 15) is 5.11 Å². The number of hydrogen-bond donors (Lipinski definition) is 1. The lowest BCUT2D eigenvalue weighted by molar-refractivity contribution is 0.0784. The van der Waals surface area contributed by atoms with Gasteiger partial charge in [-0.3, -0.25) is 0 Å². The minimum Gasteiger partial charge on any atom is -0.386 e. The normalized spacial score (nSPS) is 18.7. The molecule has 1 heteroatoms. The number of rotatable bonds is 2. The fourth-order valence-electron chi connectivity index (χ4n) is 2.61. The number of benzene rings is 1. The van der Waals surface area contributed by atoms with E-state index in [1.807, 2.05) is 19.9 Å². The summed E-state index contributed by atoms with van der Waals surface area (Å²) in [5.74, 6) is 0.719. The maximum absolute atomic E-state index is 10.0. The van der Waals surface area contributed by atoms with Crippen molar-refractivity contribution < 1.29 is 5.11 Å². The van der Waals surface area contributed by atoms with Gasteiger partial charge in [-0.1, -0.05) is 43.5 Å². The van der Waals surface area contributed by atoms with Crippen molar-refractivity contribution in [2.24, 2.45) is 0 Å². The van der Waals surface area contributed by atoms with E-state index in [1.165, 1.54) is 37.7 Å². The van der Waals surface area contributed by atoms with E-state index in [1.54, 1.807) is 0 Å². The average molecular weight is 218 g/mol. The summed E-state index contributed by atoms with van der Waals surface area (Å²) < 4.78 is 0. The maximum atomic E-state index is 10.0. The molecule has 0 bridgehead atoms. The zero-order valence-corrected chi connectivity index (χ0v) is 10.4. The van der Waals surface area contributed by atoms with Crippen molar-refractivity contribution in [2.45, 2.75) is 57.5 Å². The van der Waals surface area contributed by atoms with Gasteiger partial charge in [-0.2, -0.15) is 0 Å². The van der Waals surface area contributed by atoms with Crippen LogP contribution in [0.5, 0.6) is 0 Å². The zero-order chi connectivity index (χ0) is 11.6. The largest absolute Gasteiger partial charge is 0.386 e. The molecule has 0 saturated heterocycles. The molecule has 16 heavy (non-hydrogen) atoms. The van der Waals surface area contributed by atoms with Crippen LogP contribution in [0.25, 0.3) is 0 Å². The molecular formula is C15H22O. The van der Waals surface area contributed by atoms with E-state index in [-0.39, 0.29) is 0 Å². The van der Waals surface area contributed by atoms with E-state index in [0.29, 0.717) is 0 Å². The van der Waals surface area contributed by atoms with Crippen LogP contribution in [0.3, 0.4) is 0 Å². The molecule has 0 amide bonds. The monoisotopic (exact) mass is 218 g/mol. The predicted molar refractivity (Wildman–Crippen MR) is 67.5 cm³/mol. The topological polar surface area (TPSA) is 20.2 Å². The number of hydrogen-bond acceptors (Lipinski definition) is 1. The summed E-state index contributed by atoms with van der Waals surface area (Å²) in [5.41, 5.74) is 1.74. The van der Waals surface area contributed by atoms with Crippen molar-refractivity contribution in [3.8, 4) is 0 Å². The lowest BCUT2D eigenvalue weighted by Gasteiger charge is -2.24. The van der Waals surface area contributed by atoms with Gasteiger partial charge < -0.3 is 5.11 Å². The quantitative estimate of drug-likeness (QED) is 0.796. The van der Waals surface area contributed by atoms with Crippen LogP contribution in [-0.4, -0.2) is 5.11 Å². The minimum absolute atomic E-state index is 0.718. The highest BCUT2D eigenvalue weighted by Crippen LogP contribution is 2.34. The van der Waals surface area contributed by atoms with Gasteiger partial charge in [0, 0.05) is 0 Å². The van der Waals surface area contributed by atoms with Crippen LogP contribution in [0.15, 0.2) is 24.3 Å². The Morgan fingerprint density at radius 1 is 1.12 bits per heavy atom. The van der Waals surface area contributed by atoms with Crippen LogP contribution < -0.4 is 0 Å². The van der Waals surface area contributed by atoms with E-state index < -0.39 is 5.60 Å². The van der Waals surface area contributed by atoms with Crippen molar-refractivity contribution in [3.05, 3.63) is 35.4 Å². The average Bonchev–Trinajstić information content (AvgIpc) is 2.29. The van der Waals surface area contributed by atoms with Crippen LogP contribution in [0.4, 0.5) is 0 Å². The molecule has 1 aliphatic rings. The summed E-state index contributed by atoms with van der Waals surface area (Å²) in [6.45, 7) is 3.71. The lowest BCUT2D eigenvalue weighted by atomic mass is 9.82. The molecular weight excluding hydrogens is 196 g/mol. The second-order valence-electron chi connectivity index (χ2n) is 5.52. The molecule has 2 rings (SSSR count). The molecule has 88 valence electrons. The Balaban J connectivity index is 2.21. The Hall–Kier alpha value is -0.820. The van der Waals surface area contributed by atoms with Crippen LogP contribution >= 0.6 is 0 Å². The zero-order valence-electron chi connectivity index (χ0n) is 10.4. The first-order valence-electron chi connectivity index (χ1n) is 6.40. The molecule has 1 aromatic carbocycles. The first kappa shape index (κ1) is 11.7. The van der Waals surface area contributed by atoms with E-state index >= 15 is 0 Å². The second kappa shape index (κ2) is 4.58. The Morgan fingerprint density at radius 3 is 2.44 bits per heavy atom. The van der Waals surface area contributed by atoms with Gasteiger partial charge in [-0.05, 0) is 43.7 Å². The molecule has 0 aromatic heterocycles. The van der Waals surface area contributed by atoms with Crippen LogP contribution in [-0.2, 0) is 5.60 Å². The molecule has 1 N–H and O–H groups in total. The van der Waals surface area contributed by atoms with Crippen molar-refractivity contribution in [3.63, 3.8) is 0 Å². The van der Waals surface area contributed by atoms with Gasteiger partial charge in [-0.15, -0.1) is 0 Å². The molecule has 0 spiro atoms. The van der Waals surface area contributed by atoms with Crippen molar-refractivity contribution in [2.75, 3.05) is 0 Å². The van der Waals surface area contributed by atoms with Gasteiger partial charge in [0.2, 0.25) is 0 Å². The van der Waals surface area contributed by atoms with Gasteiger partial charge >= 0.3 is 0 Å². The summed E-state index contributed by atoms with van der Waals surface area (Å²) in [5, 5.41) is 10.0. The van der Waals surface area contributed by atoms with Gasteiger partial charge in [-0.25, -0.2) is 0 Å². The summed E-state index contributed by atoms with van der Waals surface area (Å²) in [6.07, 6.45) is 6.74. The molecule has 0 atom stereocenters. The molecule has 1 aromatic rings. The van der Waals surface area contributed by atoms with Gasteiger partial charge in [0.15, 0.2) is 0 Å². The fraction of sp³-hybridized carbons (Fsp3) is 0.600. The minimum atomic E-state index is -0.718. The van der Waals surface area contributed by atoms with E-state index in [2.05, 4.69) is 18.2 Å². The molecule has 1 aliphatic carbocycles. The number of aliphatic hydroxyl groups is 1. The SMILES string of the molecule is CC(C)(O)c1cccc(C2CCCCC2)c1. The highest BCUT2D eigenvalue weighted by Gasteiger charge is 2.19. The summed E-state index contributed by atoms with van der Waals surface area (Å²) >= 11 is 0. The van der Waals surface area contributed by atoms with E-state index in [0.717, 1.165) is 11.5 Å². The first-order chi connectivity index (χ1) is 7.57. The van der Waals surface area contributed by atoms with Gasteiger partial charge in [0.25, 0.3) is 0 Å². The summed E-state index contributed by atoms with van der Waals surface area (Å²) in [6, 6.07) is 8.50. The van der Waals surface area contributed by atoms with Crippen molar-refractivity contribution in [1.82, 2.24) is 0 Å². The molecule has 0 unspecified atom stereocenters. The Morgan fingerprint density at radius 2 is 1.81 bits per heavy atom. The third kappa shape index (κ3) is 2.65. The lowest BCUT2D eigenvalue weighted by Crippen LogP contribution is -2.16. The molecule has 0 radical (unpaired) electrons. The summed E-state index contributed by atoms with van der Waals surface area (Å²) in [4.78, 5) is 0. The van der Waals surface area contributed by atoms with E-state index in [4.69, 9.17) is 0 Å². The molecule has 1 nitrogen and oxygen atoms in total. The van der Waals surface area contributed by atoms with Gasteiger partial charge in [0.1, 0.15) is 0 Å². The molecule has 1 saturated carbocycles. The Kier molecular flexibility index (Phi) is 3.34. The predicted octanol–water partition coefficient (Wildman–Crippen LogP) is 3.96. The van der Waals surface area contributed by atoms with Gasteiger partial charge in [0.05, 0.1) is 5.60 Å². The second-order valence-corrected chi connectivity index (χ2v) is 5.52. The van der Waals surface area contributed by atoms with Crippen molar-refractivity contribution >= 4 is 0 Å². The molecule has 0 heterocycles. The smallest absolute Gasteiger partial charge is 0.0840 e.